The fourth-order valence-electron chi connectivity index (χ4n) is 2.99. The molecule has 0 unspecified atom stereocenters. The molecule has 150 valence electrons. The number of nitriles is 1. The molecule has 1 heterocycles. The molecule has 0 aliphatic carbocycles. The number of allylic oxidation sites excluding steroid dienone is 1. The van der Waals surface area contributed by atoms with Gasteiger partial charge < -0.3 is 9.53 Å². The normalized spacial score (nSPS) is 11.8. The van der Waals surface area contributed by atoms with Crippen LogP contribution in [0, 0.1) is 17.2 Å². The minimum atomic E-state index is 0.176. The third-order valence-electron chi connectivity index (χ3n) is 4.46. The minimum Gasteiger partial charge on any atom is -0.437 e. The average molecular weight is 417 g/mol. The van der Waals surface area contributed by atoms with Crippen LogP contribution in [0.3, 0.4) is 0 Å². The molecule has 0 fully saturated rings. The van der Waals surface area contributed by atoms with E-state index in [-0.39, 0.29) is 11.7 Å². The minimum absolute atomic E-state index is 0.176. The molecule has 0 spiro atoms. The summed E-state index contributed by atoms with van der Waals surface area (Å²) in [6, 6.07) is 18.6. The van der Waals surface area contributed by atoms with Gasteiger partial charge in [0, 0.05) is 18.7 Å². The second kappa shape index (κ2) is 9.87. The van der Waals surface area contributed by atoms with E-state index < -0.39 is 0 Å². The highest BCUT2D eigenvalue weighted by atomic mass is 35.5. The van der Waals surface area contributed by atoms with E-state index in [0.29, 0.717) is 28.6 Å². The van der Waals surface area contributed by atoms with Gasteiger partial charge in [-0.1, -0.05) is 48.9 Å². The first-order valence-corrected chi connectivity index (χ1v) is 9.94. The van der Waals surface area contributed by atoms with Crippen molar-refractivity contribution in [2.75, 3.05) is 0 Å². The maximum atomic E-state index is 11.2. The summed E-state index contributed by atoms with van der Waals surface area (Å²) in [5.41, 5.74) is 3.34. The summed E-state index contributed by atoms with van der Waals surface area (Å²) in [7, 11) is 0. The molecule has 3 rings (SSSR count). The van der Waals surface area contributed by atoms with Gasteiger partial charge in [-0.2, -0.15) is 5.26 Å². The van der Waals surface area contributed by atoms with Gasteiger partial charge in [0.25, 0.3) is 0 Å². The number of carbonyl (C=O) groups excluding carboxylic acids is 1. The summed E-state index contributed by atoms with van der Waals surface area (Å²) in [6.07, 6.45) is 6.18. The molecule has 0 aliphatic heterocycles. The number of aromatic nitrogens is 1. The second-order valence-electron chi connectivity index (χ2n) is 7.11. The van der Waals surface area contributed by atoms with Gasteiger partial charge in [0.15, 0.2) is 0 Å². The predicted octanol–water partition coefficient (Wildman–Crippen LogP) is 6.69. The molecule has 5 heteroatoms. The van der Waals surface area contributed by atoms with Crippen molar-refractivity contribution in [1.29, 1.82) is 5.26 Å². The van der Waals surface area contributed by atoms with E-state index in [4.69, 9.17) is 21.6 Å². The van der Waals surface area contributed by atoms with Crippen LogP contribution in [0.2, 0.25) is 5.02 Å². The molecular formula is C25H21ClN2O2. The highest BCUT2D eigenvalue weighted by molar-refractivity contribution is 6.32. The fourth-order valence-corrected chi connectivity index (χ4v) is 3.21. The Hall–Kier alpha value is -3.42. The molecule has 0 bridgehead atoms. The molecule has 0 radical (unpaired) electrons. The van der Waals surface area contributed by atoms with E-state index >= 15 is 0 Å². The summed E-state index contributed by atoms with van der Waals surface area (Å²) >= 11 is 6.40. The zero-order chi connectivity index (χ0) is 21.5. The SMILES string of the molecule is CC(=O)C[C@@H](C)/C=C/c1ccc(Oc2ccc(-c3cccc(C#N)c3)cc2Cl)nc1. The molecule has 2 aromatic carbocycles. The number of Topliss-reactive ketones (excluding diaryl/α,β-unsaturated/α-hetero) is 1. The van der Waals surface area contributed by atoms with Crippen molar-refractivity contribution in [1.82, 2.24) is 4.98 Å². The van der Waals surface area contributed by atoms with Crippen LogP contribution in [-0.2, 0) is 4.79 Å². The number of hydrogen-bond acceptors (Lipinski definition) is 4. The maximum absolute atomic E-state index is 11.2. The quantitative estimate of drug-likeness (QED) is 0.430. The molecule has 30 heavy (non-hydrogen) atoms. The zero-order valence-corrected chi connectivity index (χ0v) is 17.6. The first kappa shape index (κ1) is 21.3. The summed E-state index contributed by atoms with van der Waals surface area (Å²) in [5, 5.41) is 9.52. The Morgan fingerprint density at radius 3 is 2.67 bits per heavy atom. The van der Waals surface area contributed by atoms with Gasteiger partial charge in [0.05, 0.1) is 16.7 Å². The number of carbonyl (C=O) groups is 1. The topological polar surface area (TPSA) is 63.0 Å². The molecule has 1 aromatic heterocycles. The van der Waals surface area contributed by atoms with E-state index in [2.05, 4.69) is 11.1 Å². The van der Waals surface area contributed by atoms with Crippen molar-refractivity contribution in [2.45, 2.75) is 20.3 Å². The molecule has 0 N–H and O–H groups in total. The van der Waals surface area contributed by atoms with Gasteiger partial charge in [0.2, 0.25) is 5.88 Å². The summed E-state index contributed by atoms with van der Waals surface area (Å²) in [5.74, 6) is 1.30. The Morgan fingerprint density at radius 2 is 2.00 bits per heavy atom. The molecule has 0 saturated carbocycles. The highest BCUT2D eigenvalue weighted by Crippen LogP contribution is 2.33. The number of pyridine rings is 1. The van der Waals surface area contributed by atoms with Gasteiger partial charge >= 0.3 is 0 Å². The van der Waals surface area contributed by atoms with Crippen molar-refractivity contribution < 1.29 is 9.53 Å². The Bertz CT molecular complexity index is 1110. The van der Waals surface area contributed by atoms with Gasteiger partial charge in [-0.05, 0) is 59.9 Å². The van der Waals surface area contributed by atoms with Gasteiger partial charge in [-0.15, -0.1) is 0 Å². The van der Waals surface area contributed by atoms with Crippen LogP contribution in [-0.4, -0.2) is 10.8 Å². The fraction of sp³-hybridized carbons (Fsp3) is 0.160. The van der Waals surface area contributed by atoms with E-state index in [1.54, 1.807) is 37.4 Å². The lowest BCUT2D eigenvalue weighted by molar-refractivity contribution is -0.117. The lowest BCUT2D eigenvalue weighted by Crippen LogP contribution is -1.97. The van der Waals surface area contributed by atoms with E-state index in [1.165, 1.54) is 0 Å². The van der Waals surface area contributed by atoms with Crippen LogP contribution in [0.25, 0.3) is 17.2 Å². The Labute approximate surface area is 181 Å². The number of rotatable bonds is 7. The third-order valence-corrected chi connectivity index (χ3v) is 4.75. The van der Waals surface area contributed by atoms with Crippen LogP contribution in [0.4, 0.5) is 0 Å². The number of hydrogen-bond donors (Lipinski definition) is 0. The van der Waals surface area contributed by atoms with Crippen LogP contribution in [0.5, 0.6) is 11.6 Å². The van der Waals surface area contributed by atoms with Crippen LogP contribution >= 0.6 is 11.6 Å². The van der Waals surface area contributed by atoms with Gasteiger partial charge in [-0.3, -0.25) is 0 Å². The zero-order valence-electron chi connectivity index (χ0n) is 16.8. The summed E-state index contributed by atoms with van der Waals surface area (Å²) < 4.78 is 5.81. The van der Waals surface area contributed by atoms with Crippen molar-refractivity contribution in [3.8, 4) is 28.8 Å². The highest BCUT2D eigenvalue weighted by Gasteiger charge is 2.08. The van der Waals surface area contributed by atoms with Crippen LogP contribution < -0.4 is 4.74 Å². The monoisotopic (exact) mass is 416 g/mol. The first-order valence-electron chi connectivity index (χ1n) is 9.56. The number of benzene rings is 2. The van der Waals surface area contributed by atoms with Crippen molar-refractivity contribution in [2.24, 2.45) is 5.92 Å². The largest absolute Gasteiger partial charge is 0.437 e. The number of halogens is 1. The number of ketones is 1. The lowest BCUT2D eigenvalue weighted by Gasteiger charge is -2.09. The first-order chi connectivity index (χ1) is 14.4. The summed E-state index contributed by atoms with van der Waals surface area (Å²) in [6.45, 7) is 3.60. The molecule has 1 atom stereocenters. The maximum Gasteiger partial charge on any atom is 0.219 e. The Kier molecular flexibility index (Phi) is 7.00. The molecule has 0 aliphatic rings. The summed E-state index contributed by atoms with van der Waals surface area (Å²) in [4.78, 5) is 15.5. The molecular weight excluding hydrogens is 396 g/mol. The standard InChI is InChI=1S/C25H21ClN2O2/c1-17(12-18(2)29)6-7-19-8-11-25(28-16-19)30-24-10-9-22(14-23(24)26)21-5-3-4-20(13-21)15-27/h3-11,13-14,16-17H,12H2,1-2H3/b7-6+/t17-/m0/s1. The van der Waals surface area contributed by atoms with E-state index in [1.807, 2.05) is 49.4 Å². The third kappa shape index (κ3) is 5.79. The van der Waals surface area contributed by atoms with E-state index in [9.17, 15) is 4.79 Å². The smallest absolute Gasteiger partial charge is 0.219 e. The van der Waals surface area contributed by atoms with E-state index in [0.717, 1.165) is 16.7 Å². The molecule has 3 aromatic rings. The molecule has 0 saturated heterocycles. The van der Waals surface area contributed by atoms with Gasteiger partial charge in [0.1, 0.15) is 11.5 Å². The average Bonchev–Trinajstić information content (AvgIpc) is 2.74. The Balaban J connectivity index is 1.70. The molecule has 0 amide bonds. The Morgan fingerprint density at radius 1 is 1.20 bits per heavy atom. The van der Waals surface area contributed by atoms with Crippen LogP contribution in [0.1, 0.15) is 31.4 Å². The number of nitrogens with zero attached hydrogens (tertiary/aromatic N) is 2. The van der Waals surface area contributed by atoms with Crippen molar-refractivity contribution in [3.05, 3.63) is 83.0 Å². The van der Waals surface area contributed by atoms with Crippen molar-refractivity contribution in [3.63, 3.8) is 0 Å². The predicted molar refractivity (Wildman–Crippen MR) is 119 cm³/mol. The molecule has 4 nitrogen and oxygen atoms in total. The van der Waals surface area contributed by atoms with Gasteiger partial charge in [-0.25, -0.2) is 4.98 Å². The van der Waals surface area contributed by atoms with Crippen molar-refractivity contribution >= 4 is 23.5 Å². The van der Waals surface area contributed by atoms with Crippen LogP contribution in [0.15, 0.2) is 66.9 Å². The lowest BCUT2D eigenvalue weighted by atomic mass is 10.0. The number of ether oxygens (including phenoxy) is 1. The second-order valence-corrected chi connectivity index (χ2v) is 7.52.